The van der Waals surface area contributed by atoms with Gasteiger partial charge in [-0.05, 0) is 76.8 Å². The summed E-state index contributed by atoms with van der Waals surface area (Å²) in [6, 6.07) is 13.7. The van der Waals surface area contributed by atoms with Crippen LogP contribution < -0.4 is 4.90 Å². The minimum Gasteiger partial charge on any atom is -0.504 e. The second-order valence-electron chi connectivity index (χ2n) is 12.6. The number of benzene rings is 2. The van der Waals surface area contributed by atoms with Crippen LogP contribution in [0.4, 0.5) is 10.2 Å². The molecular formula is C35H40FN3O5. The number of aromatic nitrogens is 2. The third-order valence-electron chi connectivity index (χ3n) is 8.06. The van der Waals surface area contributed by atoms with Crippen LogP contribution in [-0.4, -0.2) is 56.5 Å². The van der Waals surface area contributed by atoms with E-state index in [1.807, 2.05) is 68.6 Å². The standard InChI is InChI=1S/C35H40FN3O5/c1-7-18-43-35(6)14-16-38(17-15-35)32-29(31(33(41)42)44-34(3,4)5)22(2)19-28-37-27(21-39(28)32)24-11-8-10-23(20-24)25-12-9-13-26(36)30(25)40/h7-13,19-21,31,40H,1,14-18H2,2-6H3,(H,41,42). The highest BCUT2D eigenvalue weighted by atomic mass is 19.1. The molecule has 1 aliphatic heterocycles. The second kappa shape index (κ2) is 12.1. The lowest BCUT2D eigenvalue weighted by Gasteiger charge is -2.41. The molecule has 0 bridgehead atoms. The first-order valence-corrected chi connectivity index (χ1v) is 14.8. The molecule has 1 saturated heterocycles. The summed E-state index contributed by atoms with van der Waals surface area (Å²) in [5, 5.41) is 20.8. The maximum atomic E-state index is 14.1. The van der Waals surface area contributed by atoms with Crippen molar-refractivity contribution in [3.8, 4) is 28.1 Å². The number of aliphatic carboxylic acids is 1. The van der Waals surface area contributed by atoms with Crippen molar-refractivity contribution in [2.45, 2.75) is 64.8 Å². The number of pyridine rings is 1. The van der Waals surface area contributed by atoms with E-state index in [0.717, 1.165) is 29.8 Å². The number of phenolic OH excluding ortho intramolecular Hbond substituents is 1. The van der Waals surface area contributed by atoms with Gasteiger partial charge in [0.15, 0.2) is 17.7 Å². The van der Waals surface area contributed by atoms with Gasteiger partial charge in [0.05, 0.1) is 23.5 Å². The lowest BCUT2D eigenvalue weighted by Crippen LogP contribution is -2.45. The molecule has 0 aliphatic carbocycles. The summed E-state index contributed by atoms with van der Waals surface area (Å²) in [5.74, 6) is -1.44. The van der Waals surface area contributed by atoms with Gasteiger partial charge in [0, 0.05) is 36.0 Å². The molecule has 44 heavy (non-hydrogen) atoms. The smallest absolute Gasteiger partial charge is 0.337 e. The molecule has 1 aliphatic rings. The van der Waals surface area contributed by atoms with Gasteiger partial charge >= 0.3 is 5.97 Å². The molecule has 1 atom stereocenters. The van der Waals surface area contributed by atoms with Gasteiger partial charge in [-0.25, -0.2) is 14.2 Å². The van der Waals surface area contributed by atoms with Crippen molar-refractivity contribution in [1.29, 1.82) is 0 Å². The SMILES string of the molecule is C=CCOC1(C)CCN(c2c(C(OC(C)(C)C)C(=O)O)c(C)cc3nc(-c4cccc(-c5cccc(F)c5O)c4)cn23)CC1. The maximum Gasteiger partial charge on any atom is 0.337 e. The predicted octanol–water partition coefficient (Wildman–Crippen LogP) is 7.32. The number of nitrogens with zero attached hydrogens (tertiary/aromatic N) is 3. The number of imidazole rings is 1. The average Bonchev–Trinajstić information content (AvgIpc) is 3.39. The van der Waals surface area contributed by atoms with Gasteiger partial charge < -0.3 is 24.6 Å². The fraction of sp³-hybridized carbons (Fsp3) is 0.371. The molecule has 9 heteroatoms. The van der Waals surface area contributed by atoms with Crippen LogP contribution in [0.2, 0.25) is 0 Å². The fourth-order valence-corrected chi connectivity index (χ4v) is 5.81. The molecule has 0 saturated carbocycles. The molecule has 0 radical (unpaired) electrons. The Kier molecular flexibility index (Phi) is 8.55. The fourth-order valence-electron chi connectivity index (χ4n) is 5.81. The van der Waals surface area contributed by atoms with Crippen LogP contribution in [0.25, 0.3) is 28.0 Å². The summed E-state index contributed by atoms with van der Waals surface area (Å²) in [6.45, 7) is 15.1. The second-order valence-corrected chi connectivity index (χ2v) is 12.6. The first-order valence-electron chi connectivity index (χ1n) is 14.8. The number of carboxylic acid groups (broad SMARTS) is 1. The van der Waals surface area contributed by atoms with Gasteiger partial charge in [-0.3, -0.25) is 4.40 Å². The molecule has 0 spiro atoms. The summed E-state index contributed by atoms with van der Waals surface area (Å²) >= 11 is 0. The number of phenols is 1. The number of hydrogen-bond acceptors (Lipinski definition) is 6. The number of ether oxygens (including phenoxy) is 2. The number of carbonyl (C=O) groups is 1. The van der Waals surface area contributed by atoms with Crippen molar-refractivity contribution in [3.05, 3.63) is 84.3 Å². The highest BCUT2D eigenvalue weighted by Gasteiger charge is 2.37. The number of rotatable bonds is 9. The number of aryl methyl sites for hydroxylation is 1. The molecule has 5 rings (SSSR count). The van der Waals surface area contributed by atoms with Crippen LogP contribution in [0.1, 0.15) is 57.8 Å². The molecule has 8 nitrogen and oxygen atoms in total. The van der Waals surface area contributed by atoms with Gasteiger partial charge in [-0.2, -0.15) is 0 Å². The molecule has 232 valence electrons. The summed E-state index contributed by atoms with van der Waals surface area (Å²) in [7, 11) is 0. The van der Waals surface area contributed by atoms with E-state index >= 15 is 0 Å². The topological polar surface area (TPSA) is 96.5 Å². The van der Waals surface area contributed by atoms with Gasteiger partial charge in [-0.1, -0.05) is 36.4 Å². The van der Waals surface area contributed by atoms with Crippen molar-refractivity contribution in [2.24, 2.45) is 0 Å². The van der Waals surface area contributed by atoms with Gasteiger partial charge in [0.2, 0.25) is 0 Å². The molecule has 2 N–H and O–H groups in total. The molecular weight excluding hydrogens is 561 g/mol. The summed E-state index contributed by atoms with van der Waals surface area (Å²) in [5.41, 5.74) is 3.43. The first kappa shape index (κ1) is 31.2. The summed E-state index contributed by atoms with van der Waals surface area (Å²) in [6.07, 6.45) is 3.93. The van der Waals surface area contributed by atoms with Gasteiger partial charge in [-0.15, -0.1) is 6.58 Å². The highest BCUT2D eigenvalue weighted by Crippen LogP contribution is 2.40. The van der Waals surface area contributed by atoms with Crippen LogP contribution in [0.5, 0.6) is 5.75 Å². The Morgan fingerprint density at radius 2 is 1.84 bits per heavy atom. The highest BCUT2D eigenvalue weighted by molar-refractivity contribution is 5.80. The van der Waals surface area contributed by atoms with E-state index in [-0.39, 0.29) is 5.60 Å². The molecule has 2 aromatic heterocycles. The monoisotopic (exact) mass is 601 g/mol. The number of anilines is 1. The number of para-hydroxylation sites is 1. The van der Waals surface area contributed by atoms with Crippen LogP contribution >= 0.6 is 0 Å². The Hall–Kier alpha value is -4.21. The molecule has 3 heterocycles. The van der Waals surface area contributed by atoms with E-state index in [0.29, 0.717) is 47.7 Å². The van der Waals surface area contributed by atoms with Crippen LogP contribution in [0.3, 0.4) is 0 Å². The third-order valence-corrected chi connectivity index (χ3v) is 8.06. The number of hydrogen-bond donors (Lipinski definition) is 2. The first-order chi connectivity index (χ1) is 20.8. The van der Waals surface area contributed by atoms with Crippen molar-refractivity contribution in [1.82, 2.24) is 9.38 Å². The van der Waals surface area contributed by atoms with Crippen LogP contribution in [-0.2, 0) is 14.3 Å². The Labute approximate surface area is 257 Å². The Morgan fingerprint density at radius 1 is 1.16 bits per heavy atom. The lowest BCUT2D eigenvalue weighted by molar-refractivity contribution is -0.160. The minimum atomic E-state index is -1.20. The van der Waals surface area contributed by atoms with E-state index < -0.39 is 29.2 Å². The number of piperidine rings is 1. The van der Waals surface area contributed by atoms with Crippen molar-refractivity contribution >= 4 is 17.4 Å². The maximum absolute atomic E-state index is 14.1. The quantitative estimate of drug-likeness (QED) is 0.194. The van der Waals surface area contributed by atoms with Crippen molar-refractivity contribution < 1.29 is 28.9 Å². The van der Waals surface area contributed by atoms with Crippen molar-refractivity contribution in [2.75, 3.05) is 24.6 Å². The van der Waals surface area contributed by atoms with Gasteiger partial charge in [0.25, 0.3) is 0 Å². The lowest BCUT2D eigenvalue weighted by atomic mass is 9.92. The molecule has 4 aromatic rings. The largest absolute Gasteiger partial charge is 0.504 e. The van der Waals surface area contributed by atoms with E-state index in [4.69, 9.17) is 14.5 Å². The zero-order chi connectivity index (χ0) is 31.8. The number of carboxylic acids is 1. The van der Waals surface area contributed by atoms with E-state index in [1.54, 1.807) is 18.2 Å². The summed E-state index contributed by atoms with van der Waals surface area (Å²) in [4.78, 5) is 19.9. The normalized spacial score (nSPS) is 15.8. The Morgan fingerprint density at radius 3 is 2.50 bits per heavy atom. The number of fused-ring (bicyclic) bond motifs is 1. The van der Waals surface area contributed by atoms with Crippen LogP contribution in [0, 0.1) is 12.7 Å². The predicted molar refractivity (Wildman–Crippen MR) is 170 cm³/mol. The van der Waals surface area contributed by atoms with E-state index in [2.05, 4.69) is 18.4 Å². The zero-order valence-electron chi connectivity index (χ0n) is 25.9. The van der Waals surface area contributed by atoms with Crippen molar-refractivity contribution in [3.63, 3.8) is 0 Å². The summed E-state index contributed by atoms with van der Waals surface area (Å²) < 4.78 is 28.3. The number of halogens is 1. The van der Waals surface area contributed by atoms with E-state index in [1.165, 1.54) is 6.07 Å². The molecule has 1 unspecified atom stereocenters. The molecule has 2 aromatic carbocycles. The van der Waals surface area contributed by atoms with E-state index in [9.17, 15) is 19.4 Å². The number of aromatic hydroxyl groups is 1. The third kappa shape index (κ3) is 6.34. The molecule has 1 fully saturated rings. The average molecular weight is 602 g/mol. The zero-order valence-corrected chi connectivity index (χ0v) is 25.9. The Bertz CT molecular complexity index is 1700. The Balaban J connectivity index is 1.65. The van der Waals surface area contributed by atoms with Crippen LogP contribution in [0.15, 0.2) is 67.4 Å². The van der Waals surface area contributed by atoms with Gasteiger partial charge in [0.1, 0.15) is 11.5 Å². The molecule has 0 amide bonds. The minimum absolute atomic E-state index is 0.315.